The van der Waals surface area contributed by atoms with Crippen LogP contribution in [0.15, 0.2) is 18.3 Å². The van der Waals surface area contributed by atoms with Crippen LogP contribution in [0.2, 0.25) is 0 Å². The Morgan fingerprint density at radius 1 is 1.14 bits per heavy atom. The Morgan fingerprint density at radius 2 is 1.91 bits per heavy atom. The van der Waals surface area contributed by atoms with Crippen LogP contribution < -0.4 is 5.32 Å². The number of anilines is 2. The predicted molar refractivity (Wildman–Crippen MR) is 138 cm³/mol. The molecule has 0 aromatic carbocycles. The number of fused-ring (bicyclic) bond motifs is 2. The molecule has 1 saturated carbocycles. The van der Waals surface area contributed by atoms with Crippen molar-refractivity contribution in [2.75, 3.05) is 26.0 Å². The van der Waals surface area contributed by atoms with E-state index in [1.54, 1.807) is 25.9 Å². The number of rotatable bonds is 4. The first-order valence-corrected chi connectivity index (χ1v) is 13.1. The van der Waals surface area contributed by atoms with E-state index in [1.165, 1.54) is 24.2 Å². The van der Waals surface area contributed by atoms with Gasteiger partial charge < -0.3 is 15.1 Å². The van der Waals surface area contributed by atoms with E-state index in [-0.39, 0.29) is 11.8 Å². The fourth-order valence-electron chi connectivity index (χ4n) is 5.13. The summed E-state index contributed by atoms with van der Waals surface area (Å²) < 4.78 is 0.942. The molecule has 0 radical (unpaired) electrons. The number of pyridine rings is 1. The summed E-state index contributed by atoms with van der Waals surface area (Å²) in [6, 6.07) is 3.93. The third kappa shape index (κ3) is 4.74. The van der Waals surface area contributed by atoms with Crippen LogP contribution in [0, 0.1) is 5.92 Å². The fraction of sp³-hybridized carbons (Fsp3) is 0.500. The van der Waals surface area contributed by atoms with Gasteiger partial charge in [0.2, 0.25) is 11.9 Å². The van der Waals surface area contributed by atoms with Crippen LogP contribution in [0.1, 0.15) is 71.9 Å². The van der Waals surface area contributed by atoms with Crippen molar-refractivity contribution in [3.63, 3.8) is 0 Å². The maximum absolute atomic E-state index is 13.1. The van der Waals surface area contributed by atoms with Gasteiger partial charge in [0.05, 0.1) is 21.3 Å². The van der Waals surface area contributed by atoms with E-state index in [0.717, 1.165) is 57.1 Å². The quantitative estimate of drug-likeness (QED) is 0.566. The van der Waals surface area contributed by atoms with Crippen molar-refractivity contribution in [1.82, 2.24) is 24.8 Å². The monoisotopic (exact) mass is 492 g/mol. The molecule has 1 aliphatic carbocycles. The maximum Gasteiger partial charge on any atom is 0.263 e. The van der Waals surface area contributed by atoms with Gasteiger partial charge >= 0.3 is 0 Å². The number of amides is 2. The molecule has 184 valence electrons. The van der Waals surface area contributed by atoms with Gasteiger partial charge in [-0.25, -0.2) is 15.0 Å². The zero-order valence-corrected chi connectivity index (χ0v) is 21.6. The van der Waals surface area contributed by atoms with Gasteiger partial charge in [-0.15, -0.1) is 11.3 Å². The first-order chi connectivity index (χ1) is 16.8. The number of carbonyl (C=O) groups is 2. The van der Waals surface area contributed by atoms with Gasteiger partial charge in [-0.05, 0) is 36.3 Å². The smallest absolute Gasteiger partial charge is 0.263 e. The number of carbonyl (C=O) groups excluding carboxylic acids is 2. The summed E-state index contributed by atoms with van der Waals surface area (Å²) in [4.78, 5) is 43.3. The molecule has 3 aromatic heterocycles. The molecule has 3 aromatic rings. The van der Waals surface area contributed by atoms with Crippen molar-refractivity contribution >= 4 is 45.1 Å². The minimum absolute atomic E-state index is 0.0343. The van der Waals surface area contributed by atoms with Crippen LogP contribution in [0.3, 0.4) is 0 Å². The molecule has 4 heterocycles. The lowest BCUT2D eigenvalue weighted by Crippen LogP contribution is -2.34. The summed E-state index contributed by atoms with van der Waals surface area (Å²) in [5, 5.41) is 3.27. The molecule has 35 heavy (non-hydrogen) atoms. The number of hydrogen-bond acceptors (Lipinski definition) is 7. The predicted octanol–water partition coefficient (Wildman–Crippen LogP) is 4.73. The Hall–Kier alpha value is -3.07. The maximum atomic E-state index is 13.1. The third-order valence-electron chi connectivity index (χ3n) is 7.22. The number of nitrogens with one attached hydrogen (secondary N) is 1. The second-order valence-corrected chi connectivity index (χ2v) is 11.1. The molecule has 0 atom stereocenters. The minimum Gasteiger partial charge on any atom is -0.344 e. The highest BCUT2D eigenvalue weighted by molar-refractivity contribution is 7.21. The molecular weight excluding hydrogens is 460 g/mol. The summed E-state index contributed by atoms with van der Waals surface area (Å²) in [5.41, 5.74) is 4.04. The van der Waals surface area contributed by atoms with E-state index < -0.39 is 0 Å². The zero-order valence-electron chi connectivity index (χ0n) is 20.8. The van der Waals surface area contributed by atoms with Gasteiger partial charge in [-0.1, -0.05) is 25.8 Å². The first kappa shape index (κ1) is 23.7. The van der Waals surface area contributed by atoms with Crippen molar-refractivity contribution in [2.45, 2.75) is 58.4 Å². The third-order valence-corrected chi connectivity index (χ3v) is 8.34. The molecule has 1 N–H and O–H groups in total. The lowest BCUT2D eigenvalue weighted by Gasteiger charge is -2.27. The van der Waals surface area contributed by atoms with Crippen LogP contribution in [0.25, 0.3) is 10.2 Å². The van der Waals surface area contributed by atoms with Crippen molar-refractivity contribution in [3.05, 3.63) is 40.0 Å². The molecule has 0 saturated heterocycles. The van der Waals surface area contributed by atoms with Gasteiger partial charge in [-0.3, -0.25) is 9.59 Å². The van der Waals surface area contributed by atoms with Crippen molar-refractivity contribution in [3.8, 4) is 0 Å². The van der Waals surface area contributed by atoms with Crippen LogP contribution >= 0.6 is 11.3 Å². The Morgan fingerprint density at radius 3 is 2.63 bits per heavy atom. The Bertz CT molecular complexity index is 1280. The summed E-state index contributed by atoms with van der Waals surface area (Å²) in [7, 11) is 3.60. The highest BCUT2D eigenvalue weighted by atomic mass is 32.1. The number of aromatic nitrogens is 3. The van der Waals surface area contributed by atoms with E-state index in [0.29, 0.717) is 30.8 Å². The molecular formula is C26H32N6O2S. The number of thiophene rings is 1. The largest absolute Gasteiger partial charge is 0.344 e. The number of hydrogen-bond donors (Lipinski definition) is 1. The van der Waals surface area contributed by atoms with E-state index >= 15 is 0 Å². The normalized spacial score (nSPS) is 19.9. The van der Waals surface area contributed by atoms with Crippen LogP contribution in [-0.2, 0) is 17.8 Å². The van der Waals surface area contributed by atoms with Crippen molar-refractivity contribution < 1.29 is 9.59 Å². The average molecular weight is 493 g/mol. The molecule has 0 unspecified atom stereocenters. The second-order valence-electron chi connectivity index (χ2n) is 10.0. The van der Waals surface area contributed by atoms with Crippen molar-refractivity contribution in [2.24, 2.45) is 5.92 Å². The Balaban J connectivity index is 1.47. The second kappa shape index (κ2) is 9.53. The molecule has 1 fully saturated rings. The lowest BCUT2D eigenvalue weighted by atomic mass is 9.79. The van der Waals surface area contributed by atoms with Gasteiger partial charge in [-0.2, -0.15) is 0 Å². The minimum atomic E-state index is 0.0343. The highest BCUT2D eigenvalue weighted by Gasteiger charge is 2.30. The molecule has 8 nitrogen and oxygen atoms in total. The molecule has 2 aliphatic rings. The van der Waals surface area contributed by atoms with Gasteiger partial charge in [0, 0.05) is 51.8 Å². The Labute approximate surface area is 209 Å². The SMILES string of the molecule is CC(=O)N1CCc2nc(Nc3ncc4sc(C(=O)N(C)C)c([C@H]5CC[C@H](C)CC5)c4n3)ccc2C1. The molecule has 9 heteroatoms. The first-order valence-electron chi connectivity index (χ1n) is 12.3. The van der Waals surface area contributed by atoms with E-state index in [1.807, 2.05) is 23.2 Å². The average Bonchev–Trinajstić information content (AvgIpc) is 3.22. The summed E-state index contributed by atoms with van der Waals surface area (Å²) in [5.74, 6) is 2.37. The summed E-state index contributed by atoms with van der Waals surface area (Å²) >= 11 is 1.50. The van der Waals surface area contributed by atoms with E-state index in [4.69, 9.17) is 9.97 Å². The van der Waals surface area contributed by atoms with Crippen LogP contribution in [0.4, 0.5) is 11.8 Å². The lowest BCUT2D eigenvalue weighted by molar-refractivity contribution is -0.129. The van der Waals surface area contributed by atoms with Crippen LogP contribution in [0.5, 0.6) is 0 Å². The summed E-state index contributed by atoms with van der Waals surface area (Å²) in [6.45, 7) is 5.19. The molecule has 5 rings (SSSR count). The zero-order chi connectivity index (χ0) is 24.7. The summed E-state index contributed by atoms with van der Waals surface area (Å²) in [6.07, 6.45) is 7.06. The number of nitrogens with zero attached hydrogens (tertiary/aromatic N) is 5. The molecule has 1 aliphatic heterocycles. The standard InChI is InChI=1S/C26H32N6O2S/c1-15-5-7-17(8-6-15)22-23-20(35-24(22)25(34)31(3)4)13-27-26(30-23)29-21-10-9-18-14-32(16(2)33)12-11-19(18)28-21/h9-10,13,15,17H,5-8,11-12,14H2,1-4H3,(H,27,28,29,30)/t15-,17-. The molecule has 0 bridgehead atoms. The van der Waals surface area contributed by atoms with Gasteiger partial charge in [0.1, 0.15) is 5.82 Å². The fourth-order valence-corrected chi connectivity index (χ4v) is 6.35. The highest BCUT2D eigenvalue weighted by Crippen LogP contribution is 2.43. The van der Waals surface area contributed by atoms with Gasteiger partial charge in [0.15, 0.2) is 0 Å². The molecule has 2 amide bonds. The van der Waals surface area contributed by atoms with E-state index in [2.05, 4.69) is 17.2 Å². The molecule has 0 spiro atoms. The van der Waals surface area contributed by atoms with Crippen molar-refractivity contribution in [1.29, 1.82) is 0 Å². The van der Waals surface area contributed by atoms with E-state index in [9.17, 15) is 9.59 Å². The van der Waals surface area contributed by atoms with Crippen LogP contribution in [-0.4, -0.2) is 57.2 Å². The van der Waals surface area contributed by atoms with Gasteiger partial charge in [0.25, 0.3) is 5.91 Å². The Kier molecular flexibility index (Phi) is 6.44. The topological polar surface area (TPSA) is 91.3 Å².